The number of rotatable bonds is 12. The molecule has 2 aromatic carbocycles. The van der Waals surface area contributed by atoms with E-state index < -0.39 is 48.4 Å². The van der Waals surface area contributed by atoms with E-state index in [2.05, 4.69) is 0 Å². The maximum Gasteiger partial charge on any atom is 0.411 e. The van der Waals surface area contributed by atoms with E-state index in [9.17, 15) is 14.4 Å². The minimum atomic E-state index is -0.903. The van der Waals surface area contributed by atoms with Crippen LogP contribution in [-0.2, 0) is 46.5 Å². The van der Waals surface area contributed by atoms with Gasteiger partial charge in [-0.2, -0.15) is 0 Å². The number of amides is 1. The van der Waals surface area contributed by atoms with Gasteiger partial charge in [0.2, 0.25) is 0 Å². The van der Waals surface area contributed by atoms with Crippen LogP contribution in [0.4, 0.5) is 4.79 Å². The molecule has 204 valence electrons. The quantitative estimate of drug-likeness (QED) is 0.233. The number of hydrogen-bond acceptors (Lipinski definition) is 9. The molecule has 0 saturated carbocycles. The summed E-state index contributed by atoms with van der Waals surface area (Å²) in [6.45, 7) is 3.60. The van der Waals surface area contributed by atoms with Gasteiger partial charge in [-0.05, 0) is 23.3 Å². The van der Waals surface area contributed by atoms with Crippen LogP contribution < -0.4 is 4.74 Å². The third-order valence-corrected chi connectivity index (χ3v) is 6.54. The summed E-state index contributed by atoms with van der Waals surface area (Å²) in [5.74, 6) is -0.338. The molecule has 0 N–H and O–H groups in total. The minimum absolute atomic E-state index is 0.0664. The minimum Gasteiger partial charge on any atom is -0.497 e. The number of benzene rings is 2. The monoisotopic (exact) mass is 527 g/mol. The number of fused-ring (bicyclic) bond motifs is 1. The highest BCUT2D eigenvalue weighted by Gasteiger charge is 2.62. The molecule has 2 aliphatic heterocycles. The van der Waals surface area contributed by atoms with Crippen molar-refractivity contribution in [3.05, 3.63) is 65.7 Å². The summed E-state index contributed by atoms with van der Waals surface area (Å²) >= 11 is 0. The summed E-state index contributed by atoms with van der Waals surface area (Å²) < 4.78 is 33.8. The molecule has 2 aromatic rings. The molecule has 2 fully saturated rings. The summed E-state index contributed by atoms with van der Waals surface area (Å²) in [5.41, 5.74) is 1.93. The first-order valence-electron chi connectivity index (χ1n) is 12.5. The van der Waals surface area contributed by atoms with Crippen molar-refractivity contribution >= 4 is 18.0 Å². The molecule has 2 saturated heterocycles. The zero-order chi connectivity index (χ0) is 27.1. The molecule has 2 aliphatic rings. The lowest BCUT2D eigenvalue weighted by Gasteiger charge is -2.26. The Hall–Kier alpha value is -3.63. The van der Waals surface area contributed by atoms with Crippen molar-refractivity contribution in [2.45, 2.75) is 63.9 Å². The van der Waals surface area contributed by atoms with E-state index in [-0.39, 0.29) is 6.61 Å². The van der Waals surface area contributed by atoms with Crippen molar-refractivity contribution in [2.24, 2.45) is 0 Å². The fraction of sp³-hybridized carbons (Fsp3) is 0.464. The van der Waals surface area contributed by atoms with E-state index in [4.69, 9.17) is 28.4 Å². The average Bonchev–Trinajstić information content (AvgIpc) is 3.37. The van der Waals surface area contributed by atoms with E-state index >= 15 is 0 Å². The fourth-order valence-electron chi connectivity index (χ4n) is 4.91. The largest absolute Gasteiger partial charge is 0.497 e. The molecule has 0 aromatic heterocycles. The topological polar surface area (TPSA) is 110 Å². The Morgan fingerprint density at radius 1 is 0.868 bits per heavy atom. The van der Waals surface area contributed by atoms with Crippen LogP contribution in [-0.4, -0.2) is 73.7 Å². The lowest BCUT2D eigenvalue weighted by molar-refractivity contribution is -0.166. The zero-order valence-electron chi connectivity index (χ0n) is 21.7. The molecular formula is C28H33NO9. The summed E-state index contributed by atoms with van der Waals surface area (Å²) in [5, 5.41) is 0. The van der Waals surface area contributed by atoms with Crippen LogP contribution in [0.15, 0.2) is 54.6 Å². The first kappa shape index (κ1) is 27.4. The normalized spacial score (nSPS) is 24.0. The van der Waals surface area contributed by atoms with Crippen molar-refractivity contribution in [2.75, 3.05) is 20.3 Å². The summed E-state index contributed by atoms with van der Waals surface area (Å²) in [4.78, 5) is 38.5. The van der Waals surface area contributed by atoms with Crippen molar-refractivity contribution in [3.8, 4) is 5.75 Å². The van der Waals surface area contributed by atoms with Crippen LogP contribution in [0.3, 0.4) is 0 Å². The van der Waals surface area contributed by atoms with Gasteiger partial charge in [0.05, 0.1) is 39.6 Å². The molecule has 0 unspecified atom stereocenters. The lowest BCUT2D eigenvalue weighted by Crippen LogP contribution is -2.44. The van der Waals surface area contributed by atoms with Crippen LogP contribution in [0, 0.1) is 0 Å². The second kappa shape index (κ2) is 12.7. The second-order valence-corrected chi connectivity index (χ2v) is 9.23. The van der Waals surface area contributed by atoms with Crippen LogP contribution >= 0.6 is 0 Å². The summed E-state index contributed by atoms with van der Waals surface area (Å²) in [6, 6.07) is 15.8. The summed E-state index contributed by atoms with van der Waals surface area (Å²) in [6.07, 6.45) is -2.63. The van der Waals surface area contributed by atoms with Crippen LogP contribution in [0.1, 0.15) is 31.4 Å². The van der Waals surface area contributed by atoms with Gasteiger partial charge in [0, 0.05) is 20.3 Å². The van der Waals surface area contributed by atoms with Crippen LogP contribution in [0.5, 0.6) is 5.75 Å². The molecule has 1 amide bonds. The van der Waals surface area contributed by atoms with Gasteiger partial charge in [0.25, 0.3) is 0 Å². The molecule has 0 aliphatic carbocycles. The number of methoxy groups -OCH3 is 1. The maximum absolute atomic E-state index is 13.0. The first-order chi connectivity index (χ1) is 18.4. The van der Waals surface area contributed by atoms with Gasteiger partial charge < -0.3 is 28.4 Å². The SMILES string of the molecule is COc1ccc(COCC[C@H]2OC(=O)N3[C@H]2[C@H](OC(C)=O)[C@H](OC(C)=O)[C@H]3COCc2ccccc2)cc1. The van der Waals surface area contributed by atoms with E-state index in [1.165, 1.54) is 18.7 Å². The zero-order valence-corrected chi connectivity index (χ0v) is 21.7. The van der Waals surface area contributed by atoms with E-state index in [0.717, 1.165) is 16.9 Å². The van der Waals surface area contributed by atoms with Gasteiger partial charge in [-0.3, -0.25) is 14.5 Å². The van der Waals surface area contributed by atoms with Crippen molar-refractivity contribution in [3.63, 3.8) is 0 Å². The van der Waals surface area contributed by atoms with Crippen molar-refractivity contribution in [1.29, 1.82) is 0 Å². The van der Waals surface area contributed by atoms with E-state index in [0.29, 0.717) is 26.2 Å². The molecule has 0 radical (unpaired) electrons. The Bertz CT molecular complexity index is 1090. The molecule has 10 nitrogen and oxygen atoms in total. The number of hydrogen-bond donors (Lipinski definition) is 0. The number of nitrogens with zero attached hydrogens (tertiary/aromatic N) is 1. The lowest BCUT2D eigenvalue weighted by atomic mass is 10.0. The molecule has 5 atom stereocenters. The van der Waals surface area contributed by atoms with E-state index in [1.807, 2.05) is 54.6 Å². The molecule has 4 rings (SSSR count). The Kier molecular flexibility index (Phi) is 9.19. The number of carbonyl (C=O) groups excluding carboxylic acids is 3. The first-order valence-corrected chi connectivity index (χ1v) is 12.5. The van der Waals surface area contributed by atoms with Crippen molar-refractivity contribution < 1.29 is 42.8 Å². The van der Waals surface area contributed by atoms with Crippen molar-refractivity contribution in [1.82, 2.24) is 4.90 Å². The molecule has 0 bridgehead atoms. The Morgan fingerprint density at radius 3 is 2.16 bits per heavy atom. The number of cyclic esters (lactones) is 1. The van der Waals surface area contributed by atoms with Gasteiger partial charge in [-0.15, -0.1) is 0 Å². The molecular weight excluding hydrogens is 494 g/mol. The smallest absolute Gasteiger partial charge is 0.411 e. The Labute approximate surface area is 221 Å². The second-order valence-electron chi connectivity index (χ2n) is 9.23. The predicted molar refractivity (Wildman–Crippen MR) is 134 cm³/mol. The van der Waals surface area contributed by atoms with Gasteiger partial charge in [-0.1, -0.05) is 42.5 Å². The van der Waals surface area contributed by atoms with Crippen LogP contribution in [0.2, 0.25) is 0 Å². The number of ether oxygens (including phenoxy) is 6. The molecule has 0 spiro atoms. The highest BCUT2D eigenvalue weighted by atomic mass is 16.6. The molecule has 38 heavy (non-hydrogen) atoms. The van der Waals surface area contributed by atoms with Crippen LogP contribution in [0.25, 0.3) is 0 Å². The van der Waals surface area contributed by atoms with Gasteiger partial charge in [-0.25, -0.2) is 4.79 Å². The Morgan fingerprint density at radius 2 is 1.50 bits per heavy atom. The molecule has 2 heterocycles. The Balaban J connectivity index is 1.44. The number of carbonyl (C=O) groups is 3. The highest BCUT2D eigenvalue weighted by Crippen LogP contribution is 2.39. The standard InChI is InChI=1S/C28H33NO9/c1-18(30)36-26-23(17-35-16-20-7-5-4-6-8-20)29-25(27(26)37-19(2)31)24(38-28(29)32)13-14-34-15-21-9-11-22(33-3)12-10-21/h4-12,23-27H,13-17H2,1-3H3/t23-,24-,25-,26-,27+/m1/s1. The van der Waals surface area contributed by atoms with Gasteiger partial charge in [0.1, 0.15) is 17.9 Å². The third kappa shape index (κ3) is 6.62. The number of esters is 2. The average molecular weight is 528 g/mol. The maximum atomic E-state index is 13.0. The fourth-order valence-corrected chi connectivity index (χ4v) is 4.91. The highest BCUT2D eigenvalue weighted by molar-refractivity contribution is 5.74. The van der Waals surface area contributed by atoms with Gasteiger partial charge >= 0.3 is 18.0 Å². The summed E-state index contributed by atoms with van der Waals surface area (Å²) in [7, 11) is 1.61. The predicted octanol–water partition coefficient (Wildman–Crippen LogP) is 3.25. The third-order valence-electron chi connectivity index (χ3n) is 6.54. The van der Waals surface area contributed by atoms with E-state index in [1.54, 1.807) is 7.11 Å². The molecule has 10 heteroatoms. The van der Waals surface area contributed by atoms with Gasteiger partial charge in [0.15, 0.2) is 12.2 Å².